The lowest BCUT2D eigenvalue weighted by Gasteiger charge is -2.06. The molecule has 0 aliphatic carbocycles. The van der Waals surface area contributed by atoms with Crippen molar-refractivity contribution in [1.82, 2.24) is 20.1 Å². The van der Waals surface area contributed by atoms with Crippen LogP contribution in [0.4, 0.5) is 11.8 Å². The third-order valence-corrected chi connectivity index (χ3v) is 2.18. The van der Waals surface area contributed by atoms with Crippen LogP contribution in [0.25, 0.3) is 0 Å². The zero-order valence-corrected chi connectivity index (χ0v) is 9.71. The fourth-order valence-corrected chi connectivity index (χ4v) is 1.33. The van der Waals surface area contributed by atoms with Gasteiger partial charge in [0.2, 0.25) is 12.3 Å². The van der Waals surface area contributed by atoms with Crippen LogP contribution in [0.3, 0.4) is 0 Å². The van der Waals surface area contributed by atoms with E-state index in [1.165, 1.54) is 12.6 Å². The molecule has 8 heteroatoms. The van der Waals surface area contributed by atoms with Crippen molar-refractivity contribution in [3.8, 4) is 6.07 Å². The normalized spacial score (nSPS) is 9.78. The van der Waals surface area contributed by atoms with Crippen molar-refractivity contribution < 1.29 is 4.52 Å². The van der Waals surface area contributed by atoms with Gasteiger partial charge >= 0.3 is 0 Å². The van der Waals surface area contributed by atoms with Gasteiger partial charge in [-0.3, -0.25) is 0 Å². The van der Waals surface area contributed by atoms with Gasteiger partial charge in [-0.25, -0.2) is 4.98 Å². The van der Waals surface area contributed by atoms with Crippen LogP contribution in [-0.4, -0.2) is 33.7 Å². The Hall–Kier alpha value is -2.69. The van der Waals surface area contributed by atoms with Crippen LogP contribution in [0.1, 0.15) is 11.4 Å². The van der Waals surface area contributed by atoms with E-state index in [1.54, 1.807) is 7.05 Å². The summed E-state index contributed by atoms with van der Waals surface area (Å²) in [4.78, 5) is 12.1. The van der Waals surface area contributed by atoms with E-state index in [-0.39, 0.29) is 0 Å². The molecule has 2 heterocycles. The summed E-state index contributed by atoms with van der Waals surface area (Å²) in [7, 11) is 1.70. The van der Waals surface area contributed by atoms with Crippen LogP contribution < -0.4 is 10.6 Å². The second-order valence-electron chi connectivity index (χ2n) is 3.34. The Kier molecular flexibility index (Phi) is 3.66. The number of anilines is 2. The minimum atomic E-state index is 0.404. The van der Waals surface area contributed by atoms with Crippen LogP contribution >= 0.6 is 0 Å². The van der Waals surface area contributed by atoms with E-state index in [1.807, 2.05) is 6.07 Å². The number of nitriles is 1. The maximum absolute atomic E-state index is 8.82. The van der Waals surface area contributed by atoms with Crippen molar-refractivity contribution in [1.29, 1.82) is 5.26 Å². The molecule has 2 aromatic rings. The molecule has 0 radical (unpaired) electrons. The first-order valence-corrected chi connectivity index (χ1v) is 5.27. The van der Waals surface area contributed by atoms with Gasteiger partial charge in [-0.05, 0) is 0 Å². The number of aromatic nitrogens is 4. The Morgan fingerprint density at radius 3 is 3.00 bits per heavy atom. The van der Waals surface area contributed by atoms with Crippen LogP contribution in [0.5, 0.6) is 0 Å². The monoisotopic (exact) mass is 245 g/mol. The van der Waals surface area contributed by atoms with E-state index in [0.717, 1.165) is 0 Å². The van der Waals surface area contributed by atoms with Crippen molar-refractivity contribution in [2.24, 2.45) is 0 Å². The van der Waals surface area contributed by atoms with Crippen molar-refractivity contribution in [3.05, 3.63) is 24.0 Å². The van der Waals surface area contributed by atoms with Gasteiger partial charge in [-0.15, -0.1) is 0 Å². The number of nitrogens with zero attached hydrogens (tertiary/aromatic N) is 5. The minimum absolute atomic E-state index is 0.404. The lowest BCUT2D eigenvalue weighted by atomic mass is 10.3. The van der Waals surface area contributed by atoms with Crippen molar-refractivity contribution in [2.75, 3.05) is 24.2 Å². The molecular formula is C10H11N7O. The first-order valence-electron chi connectivity index (χ1n) is 5.27. The standard InChI is InChI=1S/C10H11N7O/c1-12-9-7(4-11)5-14-10(16-9)13-3-2-8-15-6-18-17-8/h5-6H,2-3H2,1H3,(H2,12,13,14,16). The van der Waals surface area contributed by atoms with Crippen molar-refractivity contribution >= 4 is 11.8 Å². The summed E-state index contributed by atoms with van der Waals surface area (Å²) in [5.41, 5.74) is 0.404. The molecule has 0 spiro atoms. The van der Waals surface area contributed by atoms with Gasteiger partial charge in [0, 0.05) is 20.0 Å². The van der Waals surface area contributed by atoms with Crippen molar-refractivity contribution in [2.45, 2.75) is 6.42 Å². The highest BCUT2D eigenvalue weighted by Crippen LogP contribution is 2.11. The van der Waals surface area contributed by atoms with Crippen molar-refractivity contribution in [3.63, 3.8) is 0 Å². The molecule has 2 N–H and O–H groups in total. The number of nitrogens with one attached hydrogen (secondary N) is 2. The SMILES string of the molecule is CNc1nc(NCCc2ncon2)ncc1C#N. The molecule has 0 saturated carbocycles. The molecule has 2 rings (SSSR count). The highest BCUT2D eigenvalue weighted by atomic mass is 16.5. The highest BCUT2D eigenvalue weighted by molar-refractivity contribution is 5.52. The zero-order chi connectivity index (χ0) is 12.8. The molecule has 0 fully saturated rings. The molecule has 8 nitrogen and oxygen atoms in total. The lowest BCUT2D eigenvalue weighted by Crippen LogP contribution is -2.10. The van der Waals surface area contributed by atoms with Crippen LogP contribution in [0, 0.1) is 11.3 Å². The molecule has 0 saturated heterocycles. The first-order chi connectivity index (χ1) is 8.83. The van der Waals surface area contributed by atoms with Gasteiger partial charge in [0.25, 0.3) is 0 Å². The summed E-state index contributed by atoms with van der Waals surface area (Å²) in [5, 5.41) is 18.4. The quantitative estimate of drug-likeness (QED) is 0.779. The fraction of sp³-hybridized carbons (Fsp3) is 0.300. The molecule has 92 valence electrons. The molecule has 18 heavy (non-hydrogen) atoms. The first kappa shape index (κ1) is 11.8. The average molecular weight is 245 g/mol. The highest BCUT2D eigenvalue weighted by Gasteiger charge is 2.05. The molecule has 0 atom stereocenters. The third-order valence-electron chi connectivity index (χ3n) is 2.18. The van der Waals surface area contributed by atoms with E-state index >= 15 is 0 Å². The van der Waals surface area contributed by atoms with Gasteiger partial charge in [0.15, 0.2) is 5.82 Å². The molecule has 0 aliphatic rings. The third kappa shape index (κ3) is 2.70. The Balaban J connectivity index is 1.95. The molecular weight excluding hydrogens is 234 g/mol. The number of rotatable bonds is 5. The Bertz CT molecular complexity index is 546. The molecule has 0 aliphatic heterocycles. The topological polar surface area (TPSA) is 113 Å². The smallest absolute Gasteiger partial charge is 0.224 e. The van der Waals surface area contributed by atoms with Gasteiger partial charge < -0.3 is 15.2 Å². The van der Waals surface area contributed by atoms with Gasteiger partial charge in [-0.1, -0.05) is 5.16 Å². The van der Waals surface area contributed by atoms with Crippen LogP contribution in [-0.2, 0) is 6.42 Å². The fourth-order valence-electron chi connectivity index (χ4n) is 1.33. The second kappa shape index (κ2) is 5.58. The van der Waals surface area contributed by atoms with Crippen LogP contribution in [0.15, 0.2) is 17.1 Å². The predicted molar refractivity (Wildman–Crippen MR) is 62.8 cm³/mol. The lowest BCUT2D eigenvalue weighted by molar-refractivity contribution is 0.410. The van der Waals surface area contributed by atoms with Gasteiger partial charge in [-0.2, -0.15) is 15.2 Å². The molecule has 0 aromatic carbocycles. The van der Waals surface area contributed by atoms with Gasteiger partial charge in [0.05, 0.1) is 6.20 Å². The van der Waals surface area contributed by atoms with E-state index < -0.39 is 0 Å². The molecule has 2 aromatic heterocycles. The zero-order valence-electron chi connectivity index (χ0n) is 9.71. The molecule has 0 unspecified atom stereocenters. The largest absolute Gasteiger partial charge is 0.372 e. The summed E-state index contributed by atoms with van der Waals surface area (Å²) in [6, 6.07) is 2.00. The maximum atomic E-state index is 8.82. The molecule has 0 amide bonds. The van der Waals surface area contributed by atoms with E-state index in [0.29, 0.717) is 36.1 Å². The summed E-state index contributed by atoms with van der Waals surface area (Å²) in [5.74, 6) is 1.56. The Labute approximate surface area is 103 Å². The average Bonchev–Trinajstić information content (AvgIpc) is 2.91. The number of hydrogen-bond donors (Lipinski definition) is 2. The van der Waals surface area contributed by atoms with Crippen LogP contribution in [0.2, 0.25) is 0 Å². The Morgan fingerprint density at radius 2 is 2.33 bits per heavy atom. The van der Waals surface area contributed by atoms with E-state index in [4.69, 9.17) is 5.26 Å². The van der Waals surface area contributed by atoms with E-state index in [9.17, 15) is 0 Å². The summed E-state index contributed by atoms with van der Waals surface area (Å²) in [6.45, 7) is 0.578. The predicted octanol–water partition coefficient (Wildman–Crippen LogP) is 0.428. The maximum Gasteiger partial charge on any atom is 0.224 e. The summed E-state index contributed by atoms with van der Waals surface area (Å²) >= 11 is 0. The minimum Gasteiger partial charge on any atom is -0.372 e. The Morgan fingerprint density at radius 1 is 1.44 bits per heavy atom. The number of hydrogen-bond acceptors (Lipinski definition) is 8. The summed E-state index contributed by atoms with van der Waals surface area (Å²) < 4.78 is 4.62. The summed E-state index contributed by atoms with van der Waals surface area (Å²) in [6.07, 6.45) is 3.36. The molecule has 0 bridgehead atoms. The van der Waals surface area contributed by atoms with Gasteiger partial charge in [0.1, 0.15) is 17.5 Å². The van der Waals surface area contributed by atoms with E-state index in [2.05, 4.69) is 35.3 Å². The second-order valence-corrected chi connectivity index (χ2v) is 3.34.